The van der Waals surface area contributed by atoms with Crippen LogP contribution in [0.3, 0.4) is 0 Å². The molecule has 4 heterocycles. The van der Waals surface area contributed by atoms with E-state index in [1.54, 1.807) is 14.3 Å². The Kier molecular flexibility index (Phi) is 7.89. The first-order chi connectivity index (χ1) is 16.9. The van der Waals surface area contributed by atoms with E-state index in [-0.39, 0.29) is 36.8 Å². The van der Waals surface area contributed by atoms with Crippen LogP contribution in [-0.2, 0) is 9.53 Å². The number of aliphatic hydroxyl groups is 1. The smallest absolute Gasteiger partial charge is 0.410 e. The fourth-order valence-electron chi connectivity index (χ4n) is 4.47. The van der Waals surface area contributed by atoms with Gasteiger partial charge in [0.2, 0.25) is 18.3 Å². The second kappa shape index (κ2) is 11.1. The number of rotatable bonds is 9. The van der Waals surface area contributed by atoms with E-state index in [9.17, 15) is 14.7 Å². The third-order valence-electron chi connectivity index (χ3n) is 6.74. The van der Waals surface area contributed by atoms with Gasteiger partial charge in [-0.05, 0) is 25.2 Å². The molecular weight excluding hydrogens is 452 g/mol. The van der Waals surface area contributed by atoms with Crippen LogP contribution < -0.4 is 10.6 Å². The number of hydrogen-bond donors (Lipinski definition) is 3. The van der Waals surface area contributed by atoms with Crippen LogP contribution in [0.5, 0.6) is 0 Å². The van der Waals surface area contributed by atoms with Crippen molar-refractivity contribution in [3.8, 4) is 0 Å². The van der Waals surface area contributed by atoms with Crippen molar-refractivity contribution in [3.63, 3.8) is 0 Å². The number of anilines is 2. The summed E-state index contributed by atoms with van der Waals surface area (Å²) in [6.07, 6.45) is 4.96. The lowest BCUT2D eigenvalue weighted by Gasteiger charge is -2.32. The minimum Gasteiger partial charge on any atom is -0.444 e. The maximum atomic E-state index is 12.6. The van der Waals surface area contributed by atoms with Gasteiger partial charge >= 0.3 is 6.09 Å². The zero-order valence-corrected chi connectivity index (χ0v) is 20.7. The molecule has 2 aromatic heterocycles. The van der Waals surface area contributed by atoms with Crippen molar-refractivity contribution in [2.75, 3.05) is 43.4 Å². The number of likely N-dealkylation sites (tertiary alicyclic amines) is 2. The van der Waals surface area contributed by atoms with Crippen molar-refractivity contribution in [2.24, 2.45) is 0 Å². The number of ether oxygens (including phenoxy) is 1. The first-order valence-electron chi connectivity index (χ1n) is 12.5. The number of carbonyl (C=O) groups is 2. The van der Waals surface area contributed by atoms with Gasteiger partial charge in [-0.15, -0.1) is 0 Å². The molecule has 2 amide bonds. The summed E-state index contributed by atoms with van der Waals surface area (Å²) >= 11 is 0. The van der Waals surface area contributed by atoms with Crippen LogP contribution in [-0.4, -0.2) is 98.0 Å². The predicted octanol–water partition coefficient (Wildman–Crippen LogP) is 1.67. The molecule has 2 aliphatic heterocycles. The second-order valence-electron chi connectivity index (χ2n) is 9.59. The van der Waals surface area contributed by atoms with Gasteiger partial charge in [0, 0.05) is 37.7 Å². The van der Waals surface area contributed by atoms with E-state index in [0.29, 0.717) is 44.5 Å². The molecule has 4 rings (SSSR count). The van der Waals surface area contributed by atoms with Gasteiger partial charge in [0.25, 0.3) is 0 Å². The minimum atomic E-state index is -0.319. The first kappa shape index (κ1) is 25.0. The van der Waals surface area contributed by atoms with Gasteiger partial charge in [0.15, 0.2) is 5.65 Å². The number of aliphatic hydroxyl groups excluding tert-OH is 1. The van der Waals surface area contributed by atoms with E-state index >= 15 is 0 Å². The monoisotopic (exact) mass is 488 g/mol. The standard InChI is InChI=1S/C23H36N8O4/c1-4-16(13-32)25-21-27-20-19(15(2)3)11-24-31(20)22(28-21)26-17-5-9-30(10-6-17)23(34)35-18-7-8-29(12-18)14-33/h11,14-18,32H,4-10,12-13H2,1-3H3,(H2,25,26,27,28). The number of aromatic nitrogens is 4. The number of nitrogens with one attached hydrogen (secondary N) is 2. The first-order valence-corrected chi connectivity index (χ1v) is 12.5. The fraction of sp³-hybridized carbons (Fsp3) is 0.696. The third kappa shape index (κ3) is 5.75. The molecule has 0 aromatic carbocycles. The van der Waals surface area contributed by atoms with Crippen LogP contribution in [0.1, 0.15) is 57.9 Å². The average Bonchev–Trinajstić information content (AvgIpc) is 3.50. The van der Waals surface area contributed by atoms with Gasteiger partial charge in [-0.1, -0.05) is 20.8 Å². The van der Waals surface area contributed by atoms with Crippen molar-refractivity contribution in [2.45, 2.75) is 70.6 Å². The molecule has 12 nitrogen and oxygen atoms in total. The van der Waals surface area contributed by atoms with E-state index in [2.05, 4.69) is 39.5 Å². The molecule has 0 bridgehead atoms. The lowest BCUT2D eigenvalue weighted by Crippen LogP contribution is -2.44. The maximum absolute atomic E-state index is 12.6. The average molecular weight is 489 g/mol. The highest BCUT2D eigenvalue weighted by atomic mass is 16.6. The van der Waals surface area contributed by atoms with E-state index in [1.165, 1.54) is 0 Å². The number of hydrogen-bond acceptors (Lipinski definition) is 9. The molecule has 12 heteroatoms. The van der Waals surface area contributed by atoms with Crippen molar-refractivity contribution < 1.29 is 19.4 Å². The Labute approximate surface area is 205 Å². The summed E-state index contributed by atoms with van der Waals surface area (Å²) in [7, 11) is 0. The molecule has 2 fully saturated rings. The summed E-state index contributed by atoms with van der Waals surface area (Å²) < 4.78 is 7.32. The van der Waals surface area contributed by atoms with Crippen LogP contribution >= 0.6 is 0 Å². The Hall–Kier alpha value is -3.15. The molecule has 0 radical (unpaired) electrons. The summed E-state index contributed by atoms with van der Waals surface area (Å²) in [5, 5.41) is 20.8. The highest BCUT2D eigenvalue weighted by Crippen LogP contribution is 2.24. The summed E-state index contributed by atoms with van der Waals surface area (Å²) in [5.41, 5.74) is 1.75. The molecule has 2 aliphatic rings. The molecule has 35 heavy (non-hydrogen) atoms. The Morgan fingerprint density at radius 3 is 2.66 bits per heavy atom. The van der Waals surface area contributed by atoms with Gasteiger partial charge < -0.3 is 30.3 Å². The summed E-state index contributed by atoms with van der Waals surface area (Å²) in [4.78, 5) is 36.1. The van der Waals surface area contributed by atoms with E-state index in [1.807, 2.05) is 13.1 Å². The number of nitrogens with zero attached hydrogens (tertiary/aromatic N) is 6. The quantitative estimate of drug-likeness (QED) is 0.450. The molecule has 0 aliphatic carbocycles. The van der Waals surface area contributed by atoms with E-state index < -0.39 is 0 Å². The fourth-order valence-corrected chi connectivity index (χ4v) is 4.47. The highest BCUT2D eigenvalue weighted by Gasteiger charge is 2.30. The number of amides is 2. The van der Waals surface area contributed by atoms with Gasteiger partial charge in [-0.3, -0.25) is 4.79 Å². The largest absolute Gasteiger partial charge is 0.444 e. The number of piperidine rings is 1. The second-order valence-corrected chi connectivity index (χ2v) is 9.59. The molecule has 2 saturated heterocycles. The molecule has 3 N–H and O–H groups in total. The van der Waals surface area contributed by atoms with Crippen molar-refractivity contribution in [1.29, 1.82) is 0 Å². The predicted molar refractivity (Wildman–Crippen MR) is 130 cm³/mol. The van der Waals surface area contributed by atoms with Gasteiger partial charge in [-0.2, -0.15) is 19.6 Å². The Morgan fingerprint density at radius 1 is 1.26 bits per heavy atom. The van der Waals surface area contributed by atoms with Crippen LogP contribution in [0.2, 0.25) is 0 Å². The van der Waals surface area contributed by atoms with Crippen molar-refractivity contribution in [3.05, 3.63) is 11.8 Å². The SMILES string of the molecule is CCC(CO)Nc1nc(NC2CCN(C(=O)OC3CCN(C=O)C3)CC2)n2ncc(C(C)C)c2n1. The topological polar surface area (TPSA) is 137 Å². The Balaban J connectivity index is 1.42. The summed E-state index contributed by atoms with van der Waals surface area (Å²) in [5.74, 6) is 1.28. The zero-order valence-electron chi connectivity index (χ0n) is 20.7. The maximum Gasteiger partial charge on any atom is 0.410 e. The summed E-state index contributed by atoms with van der Waals surface area (Å²) in [6.45, 7) is 8.40. The molecule has 0 saturated carbocycles. The van der Waals surface area contributed by atoms with Crippen LogP contribution in [0, 0.1) is 0 Å². The van der Waals surface area contributed by atoms with Crippen LogP contribution in [0.15, 0.2) is 6.20 Å². The van der Waals surface area contributed by atoms with Crippen molar-refractivity contribution >= 4 is 30.0 Å². The molecular formula is C23H36N8O4. The Bertz CT molecular complexity index is 1020. The van der Waals surface area contributed by atoms with Gasteiger partial charge in [-0.25, -0.2) is 4.79 Å². The summed E-state index contributed by atoms with van der Waals surface area (Å²) in [6, 6.07) is -0.0306. The lowest BCUT2D eigenvalue weighted by atomic mass is 10.1. The molecule has 2 unspecified atom stereocenters. The molecule has 0 spiro atoms. The minimum absolute atomic E-state index is 0.00725. The number of carbonyl (C=O) groups excluding carboxylic acids is 2. The molecule has 2 aromatic rings. The Morgan fingerprint density at radius 2 is 2.03 bits per heavy atom. The van der Waals surface area contributed by atoms with E-state index in [0.717, 1.165) is 36.9 Å². The molecule has 2 atom stereocenters. The van der Waals surface area contributed by atoms with E-state index in [4.69, 9.17) is 4.74 Å². The van der Waals surface area contributed by atoms with Crippen molar-refractivity contribution in [1.82, 2.24) is 29.4 Å². The lowest BCUT2D eigenvalue weighted by molar-refractivity contribution is -0.117. The van der Waals surface area contributed by atoms with Crippen LogP contribution in [0.4, 0.5) is 16.7 Å². The molecule has 192 valence electrons. The highest BCUT2D eigenvalue weighted by molar-refractivity contribution is 5.68. The van der Waals surface area contributed by atoms with Gasteiger partial charge in [0.05, 0.1) is 25.4 Å². The van der Waals surface area contributed by atoms with Crippen LogP contribution in [0.25, 0.3) is 5.65 Å². The number of fused-ring (bicyclic) bond motifs is 1. The third-order valence-corrected chi connectivity index (χ3v) is 6.74. The zero-order chi connectivity index (χ0) is 24.9. The normalized spacial score (nSPS) is 19.9. The van der Waals surface area contributed by atoms with Gasteiger partial charge in [0.1, 0.15) is 6.10 Å².